The van der Waals surface area contributed by atoms with E-state index in [1.165, 1.54) is 25.1 Å². The van der Waals surface area contributed by atoms with Gasteiger partial charge in [0.25, 0.3) is 0 Å². The van der Waals surface area contributed by atoms with Crippen molar-refractivity contribution in [2.24, 2.45) is 5.92 Å². The normalized spacial score (nSPS) is 26.9. The van der Waals surface area contributed by atoms with E-state index >= 15 is 0 Å². The fraction of sp³-hybridized carbons (Fsp3) is 0.812. The van der Waals surface area contributed by atoms with Crippen molar-refractivity contribution in [1.82, 2.24) is 14.9 Å². The van der Waals surface area contributed by atoms with Gasteiger partial charge in [0.05, 0.1) is 18.3 Å². The molecule has 0 saturated carbocycles. The first kappa shape index (κ1) is 14.9. The van der Waals surface area contributed by atoms with E-state index in [0.717, 1.165) is 38.0 Å². The molecule has 21 heavy (non-hydrogen) atoms. The fourth-order valence-electron chi connectivity index (χ4n) is 3.69. The van der Waals surface area contributed by atoms with Gasteiger partial charge < -0.3 is 19.5 Å². The lowest BCUT2D eigenvalue weighted by Gasteiger charge is -2.24. The van der Waals surface area contributed by atoms with Gasteiger partial charge in [0.1, 0.15) is 0 Å². The minimum absolute atomic E-state index is 0.327. The molecule has 5 nitrogen and oxygen atoms in total. The van der Waals surface area contributed by atoms with Crippen LogP contribution >= 0.6 is 0 Å². The number of nitrogens with one attached hydrogen (secondary N) is 1. The highest BCUT2D eigenvalue weighted by Crippen LogP contribution is 2.30. The van der Waals surface area contributed by atoms with Crippen LogP contribution in [-0.2, 0) is 11.2 Å². The minimum Gasteiger partial charge on any atom is -0.383 e. The van der Waals surface area contributed by atoms with E-state index in [-0.39, 0.29) is 0 Å². The van der Waals surface area contributed by atoms with Crippen LogP contribution in [0, 0.1) is 5.92 Å². The molecule has 0 aromatic carbocycles. The van der Waals surface area contributed by atoms with Crippen molar-refractivity contribution in [2.45, 2.75) is 45.2 Å². The van der Waals surface area contributed by atoms with Crippen molar-refractivity contribution in [1.29, 1.82) is 0 Å². The molecule has 2 aliphatic rings. The van der Waals surface area contributed by atoms with E-state index in [2.05, 4.69) is 34.8 Å². The number of aryl methyl sites for hydroxylation is 1. The molecule has 0 aliphatic carbocycles. The van der Waals surface area contributed by atoms with Gasteiger partial charge in [-0.25, -0.2) is 4.98 Å². The molecule has 1 N–H and O–H groups in total. The molecule has 3 unspecified atom stereocenters. The summed E-state index contributed by atoms with van der Waals surface area (Å²) in [5.41, 5.74) is 1.18. The number of rotatable bonds is 5. The summed E-state index contributed by atoms with van der Waals surface area (Å²) in [6.07, 6.45) is 5.85. The first-order valence-corrected chi connectivity index (χ1v) is 8.28. The molecule has 5 heteroatoms. The second-order valence-corrected chi connectivity index (χ2v) is 6.47. The summed E-state index contributed by atoms with van der Waals surface area (Å²) in [4.78, 5) is 7.35. The van der Waals surface area contributed by atoms with Gasteiger partial charge in [-0.05, 0) is 38.6 Å². The largest absolute Gasteiger partial charge is 0.383 e. The van der Waals surface area contributed by atoms with Crippen LogP contribution in [0.15, 0.2) is 6.20 Å². The second kappa shape index (κ2) is 6.36. The number of hydrogen-bond donors (Lipinski definition) is 1. The monoisotopic (exact) mass is 292 g/mol. The molecule has 3 rings (SSSR count). The highest BCUT2D eigenvalue weighted by Gasteiger charge is 2.36. The lowest BCUT2D eigenvalue weighted by Crippen LogP contribution is -2.40. The van der Waals surface area contributed by atoms with Crippen LogP contribution in [0.25, 0.3) is 0 Å². The lowest BCUT2D eigenvalue weighted by molar-refractivity contribution is 0.162. The molecular formula is C16H28N4O. The maximum atomic E-state index is 5.33. The molecule has 118 valence electrons. The van der Waals surface area contributed by atoms with Gasteiger partial charge in [-0.15, -0.1) is 0 Å². The number of anilines is 1. The molecule has 1 aromatic heterocycles. The Kier molecular flexibility index (Phi) is 4.50. The van der Waals surface area contributed by atoms with Gasteiger partial charge in [0.15, 0.2) is 0 Å². The smallest absolute Gasteiger partial charge is 0.206 e. The maximum Gasteiger partial charge on any atom is 0.206 e. The Balaban J connectivity index is 1.82. The SMILES string of the molecule is CCc1cn(C(C)COC)c(N2CC3CCCNC3C2)n1. The van der Waals surface area contributed by atoms with Crippen LogP contribution in [0.5, 0.6) is 0 Å². The average Bonchev–Trinajstić information content (AvgIpc) is 3.11. The number of piperidine rings is 1. The van der Waals surface area contributed by atoms with Crippen LogP contribution in [0.4, 0.5) is 5.95 Å². The summed E-state index contributed by atoms with van der Waals surface area (Å²) in [5.74, 6) is 1.92. The summed E-state index contributed by atoms with van der Waals surface area (Å²) in [6, 6.07) is 0.972. The van der Waals surface area contributed by atoms with Crippen LogP contribution < -0.4 is 10.2 Å². The van der Waals surface area contributed by atoms with Gasteiger partial charge in [0.2, 0.25) is 5.95 Å². The zero-order valence-electron chi connectivity index (χ0n) is 13.5. The minimum atomic E-state index is 0.327. The van der Waals surface area contributed by atoms with E-state index in [0.29, 0.717) is 12.1 Å². The first-order valence-electron chi connectivity index (χ1n) is 8.28. The molecule has 2 aliphatic heterocycles. The molecule has 2 saturated heterocycles. The molecular weight excluding hydrogens is 264 g/mol. The van der Waals surface area contributed by atoms with E-state index in [1.807, 2.05) is 0 Å². The third kappa shape index (κ3) is 2.94. The molecule has 0 bridgehead atoms. The van der Waals surface area contributed by atoms with Gasteiger partial charge in [-0.3, -0.25) is 0 Å². The zero-order valence-corrected chi connectivity index (χ0v) is 13.5. The number of methoxy groups -OCH3 is 1. The van der Waals surface area contributed by atoms with Crippen molar-refractivity contribution in [3.63, 3.8) is 0 Å². The number of hydrogen-bond acceptors (Lipinski definition) is 4. The van der Waals surface area contributed by atoms with Crippen molar-refractivity contribution < 1.29 is 4.74 Å². The molecule has 0 amide bonds. The summed E-state index contributed by atoms with van der Waals surface area (Å²) >= 11 is 0. The van der Waals surface area contributed by atoms with E-state index in [1.54, 1.807) is 7.11 Å². The van der Waals surface area contributed by atoms with E-state index in [9.17, 15) is 0 Å². The van der Waals surface area contributed by atoms with Crippen LogP contribution in [0.1, 0.15) is 38.4 Å². The van der Waals surface area contributed by atoms with Gasteiger partial charge in [-0.2, -0.15) is 0 Å². The number of ether oxygens (including phenoxy) is 1. The second-order valence-electron chi connectivity index (χ2n) is 6.47. The molecule has 2 fully saturated rings. The van der Waals surface area contributed by atoms with Crippen LogP contribution in [0.2, 0.25) is 0 Å². The standard InChI is InChI=1S/C16H28N4O/c1-4-14-9-20(12(2)11-21-3)16(18-14)19-8-13-6-5-7-17-15(13)10-19/h9,12-13,15,17H,4-8,10-11H2,1-3H3. The third-order valence-electron chi connectivity index (χ3n) is 4.89. The van der Waals surface area contributed by atoms with Crippen LogP contribution in [0.3, 0.4) is 0 Å². The van der Waals surface area contributed by atoms with Gasteiger partial charge in [-0.1, -0.05) is 6.92 Å². The van der Waals surface area contributed by atoms with Crippen molar-refractivity contribution in [2.75, 3.05) is 38.3 Å². The number of imidazole rings is 1. The zero-order chi connectivity index (χ0) is 14.8. The third-order valence-corrected chi connectivity index (χ3v) is 4.89. The van der Waals surface area contributed by atoms with E-state index in [4.69, 9.17) is 9.72 Å². The van der Waals surface area contributed by atoms with Gasteiger partial charge >= 0.3 is 0 Å². The number of fused-ring (bicyclic) bond motifs is 1. The van der Waals surface area contributed by atoms with Gasteiger partial charge in [0, 0.05) is 32.4 Å². The quantitative estimate of drug-likeness (QED) is 0.899. The maximum absolute atomic E-state index is 5.33. The Hall–Kier alpha value is -1.07. The van der Waals surface area contributed by atoms with E-state index < -0.39 is 0 Å². The Morgan fingerprint density at radius 2 is 2.33 bits per heavy atom. The van der Waals surface area contributed by atoms with Crippen molar-refractivity contribution >= 4 is 5.95 Å². The molecule has 0 radical (unpaired) electrons. The predicted octanol–water partition coefficient (Wildman–Crippen LogP) is 1.84. The average molecular weight is 292 g/mol. The molecule has 3 atom stereocenters. The first-order chi connectivity index (χ1) is 10.2. The molecule has 0 spiro atoms. The lowest BCUT2D eigenvalue weighted by atomic mass is 9.94. The molecule has 1 aromatic rings. The Morgan fingerprint density at radius 3 is 3.05 bits per heavy atom. The number of nitrogens with zero attached hydrogens (tertiary/aromatic N) is 3. The fourth-order valence-corrected chi connectivity index (χ4v) is 3.69. The topological polar surface area (TPSA) is 42.3 Å². The number of aromatic nitrogens is 2. The summed E-state index contributed by atoms with van der Waals surface area (Å²) in [6.45, 7) is 8.50. The Bertz CT molecular complexity index is 459. The highest BCUT2D eigenvalue weighted by molar-refractivity contribution is 5.37. The highest BCUT2D eigenvalue weighted by atomic mass is 16.5. The van der Waals surface area contributed by atoms with Crippen molar-refractivity contribution in [3.8, 4) is 0 Å². The van der Waals surface area contributed by atoms with Crippen LogP contribution in [-0.4, -0.2) is 48.9 Å². The summed E-state index contributed by atoms with van der Waals surface area (Å²) < 4.78 is 7.64. The Morgan fingerprint density at radius 1 is 1.48 bits per heavy atom. The summed E-state index contributed by atoms with van der Waals surface area (Å²) in [5, 5.41) is 3.67. The predicted molar refractivity (Wildman–Crippen MR) is 84.9 cm³/mol. The van der Waals surface area contributed by atoms with Crippen molar-refractivity contribution in [3.05, 3.63) is 11.9 Å². The summed E-state index contributed by atoms with van der Waals surface area (Å²) in [7, 11) is 1.77. The molecule has 3 heterocycles. The Labute approximate surface area is 127 Å².